The zero-order valence-electron chi connectivity index (χ0n) is 20.2. The van der Waals surface area contributed by atoms with Crippen molar-refractivity contribution in [1.29, 1.82) is 0 Å². The molecule has 0 aliphatic heterocycles. The minimum absolute atomic E-state index is 0.00612. The van der Waals surface area contributed by atoms with Crippen LogP contribution in [0.4, 0.5) is 0 Å². The summed E-state index contributed by atoms with van der Waals surface area (Å²) < 4.78 is 17.0. The minimum Gasteiger partial charge on any atom is -0.489 e. The van der Waals surface area contributed by atoms with Crippen LogP contribution in [0.3, 0.4) is 0 Å². The molecule has 0 amide bonds. The second kappa shape index (κ2) is 10.3. The molecule has 0 aromatic carbocycles. The summed E-state index contributed by atoms with van der Waals surface area (Å²) >= 11 is 0. The number of pyridine rings is 1. The zero-order chi connectivity index (χ0) is 25.1. The van der Waals surface area contributed by atoms with Crippen molar-refractivity contribution >= 4 is 11.7 Å². The van der Waals surface area contributed by atoms with Crippen LogP contribution in [0, 0.1) is 24.7 Å². The average molecular weight is 485 g/mol. The number of ether oxygens (including phenoxy) is 3. The van der Waals surface area contributed by atoms with E-state index in [1.165, 1.54) is 18.3 Å². The number of fused-ring (bicyclic) bond motifs is 1. The van der Waals surface area contributed by atoms with Crippen molar-refractivity contribution < 1.29 is 24.1 Å². The number of likely N-dealkylation sites (N-methyl/N-ethyl adjacent to an activating group) is 1. The van der Waals surface area contributed by atoms with E-state index in [4.69, 9.17) is 25.8 Å². The SMILES string of the molecule is COc1ccnc(OC/C(=C(/N)c2ccc(OC3CC4CCC(C(=O)O)C4C3)c(C)n2)N(C)N)n1. The van der Waals surface area contributed by atoms with Crippen LogP contribution in [0.5, 0.6) is 17.6 Å². The van der Waals surface area contributed by atoms with Gasteiger partial charge in [-0.15, -0.1) is 0 Å². The van der Waals surface area contributed by atoms with Gasteiger partial charge in [0.05, 0.1) is 41.9 Å². The third kappa shape index (κ3) is 5.40. The van der Waals surface area contributed by atoms with E-state index in [0.717, 1.165) is 25.7 Å². The van der Waals surface area contributed by atoms with Gasteiger partial charge in [-0.05, 0) is 56.6 Å². The fourth-order valence-corrected chi connectivity index (χ4v) is 5.10. The number of rotatable bonds is 9. The van der Waals surface area contributed by atoms with E-state index in [2.05, 4.69) is 15.0 Å². The average Bonchev–Trinajstić information content (AvgIpc) is 3.40. The lowest BCUT2D eigenvalue weighted by Gasteiger charge is -2.20. The number of aromatic nitrogens is 3. The maximum atomic E-state index is 11.5. The molecule has 188 valence electrons. The topological polar surface area (TPSA) is 159 Å². The molecule has 5 N–H and O–H groups in total. The Kier molecular flexibility index (Phi) is 7.25. The van der Waals surface area contributed by atoms with E-state index in [1.807, 2.05) is 13.0 Å². The highest BCUT2D eigenvalue weighted by Gasteiger charge is 2.47. The molecule has 4 rings (SSSR count). The number of aliphatic carboxylic acids is 1. The molecular formula is C24H32N6O5. The van der Waals surface area contributed by atoms with Gasteiger partial charge in [0.1, 0.15) is 12.4 Å². The Balaban J connectivity index is 1.45. The van der Waals surface area contributed by atoms with Crippen LogP contribution in [0.15, 0.2) is 30.1 Å². The van der Waals surface area contributed by atoms with Crippen LogP contribution < -0.4 is 25.8 Å². The number of carboxylic acid groups (broad SMARTS) is 1. The number of nitrogens with zero attached hydrogens (tertiary/aromatic N) is 4. The highest BCUT2D eigenvalue weighted by Crippen LogP contribution is 2.48. The van der Waals surface area contributed by atoms with Gasteiger partial charge in [-0.3, -0.25) is 4.79 Å². The molecule has 0 spiro atoms. The Morgan fingerprint density at radius 3 is 2.71 bits per heavy atom. The van der Waals surface area contributed by atoms with Gasteiger partial charge in [0.2, 0.25) is 5.88 Å². The molecule has 11 nitrogen and oxygen atoms in total. The predicted octanol–water partition coefficient (Wildman–Crippen LogP) is 1.97. The first-order valence-electron chi connectivity index (χ1n) is 11.6. The van der Waals surface area contributed by atoms with Crippen LogP contribution in [-0.4, -0.2) is 57.9 Å². The van der Waals surface area contributed by atoms with Crippen LogP contribution in [0.1, 0.15) is 37.1 Å². The van der Waals surface area contributed by atoms with Gasteiger partial charge in [-0.2, -0.15) is 4.98 Å². The third-order valence-electron chi connectivity index (χ3n) is 6.89. The monoisotopic (exact) mass is 484 g/mol. The van der Waals surface area contributed by atoms with Gasteiger partial charge < -0.3 is 30.1 Å². The van der Waals surface area contributed by atoms with E-state index < -0.39 is 5.97 Å². The summed E-state index contributed by atoms with van der Waals surface area (Å²) in [4.78, 5) is 24.3. The quantitative estimate of drug-likeness (QED) is 0.353. The smallest absolute Gasteiger partial charge is 0.320 e. The van der Waals surface area contributed by atoms with Crippen LogP contribution in [-0.2, 0) is 4.79 Å². The highest BCUT2D eigenvalue weighted by atomic mass is 16.5. The van der Waals surface area contributed by atoms with Gasteiger partial charge in [0.15, 0.2) is 0 Å². The van der Waals surface area contributed by atoms with Gasteiger partial charge in [-0.25, -0.2) is 15.8 Å². The van der Waals surface area contributed by atoms with Crippen molar-refractivity contribution in [3.63, 3.8) is 0 Å². The number of aryl methyl sites for hydroxylation is 1. The standard InChI is InChI=1S/C24H32N6O5/c1-13-20(35-15-10-14-4-5-16(23(31)32)17(14)11-15)7-6-18(28-13)22(25)19(30(2)26)12-34-24-27-9-8-21(29-24)33-3/h6-9,14-17H,4-5,10-12,25-26H2,1-3H3,(H,31,32)/b22-19-. The van der Waals surface area contributed by atoms with Gasteiger partial charge >= 0.3 is 12.0 Å². The van der Waals surface area contributed by atoms with E-state index in [9.17, 15) is 9.90 Å². The molecule has 2 saturated carbocycles. The normalized spacial score (nSPS) is 23.9. The highest BCUT2D eigenvalue weighted by molar-refractivity contribution is 5.71. The lowest BCUT2D eigenvalue weighted by atomic mass is 9.92. The summed E-state index contributed by atoms with van der Waals surface area (Å²) in [6, 6.07) is 5.37. The number of methoxy groups -OCH3 is 1. The maximum absolute atomic E-state index is 11.5. The predicted molar refractivity (Wildman–Crippen MR) is 127 cm³/mol. The van der Waals surface area contributed by atoms with E-state index in [-0.39, 0.29) is 30.6 Å². The molecule has 2 aliphatic carbocycles. The molecule has 11 heteroatoms. The number of carbonyl (C=O) groups is 1. The van der Waals surface area contributed by atoms with Crippen molar-refractivity contribution in [1.82, 2.24) is 20.0 Å². The fourth-order valence-electron chi connectivity index (χ4n) is 5.10. The Hall–Kier alpha value is -3.60. The summed E-state index contributed by atoms with van der Waals surface area (Å²) in [7, 11) is 3.17. The fraction of sp³-hybridized carbons (Fsp3) is 0.500. The molecule has 2 aromatic rings. The zero-order valence-corrected chi connectivity index (χ0v) is 20.2. The Morgan fingerprint density at radius 2 is 2.03 bits per heavy atom. The van der Waals surface area contributed by atoms with Crippen molar-refractivity contribution in [3.8, 4) is 17.6 Å². The molecule has 2 fully saturated rings. The Bertz CT molecular complexity index is 1110. The molecule has 2 aliphatic rings. The molecule has 35 heavy (non-hydrogen) atoms. The molecule has 4 atom stereocenters. The van der Waals surface area contributed by atoms with Gasteiger partial charge in [-0.1, -0.05) is 0 Å². The van der Waals surface area contributed by atoms with Crippen molar-refractivity contribution in [2.75, 3.05) is 20.8 Å². The number of hydrogen-bond donors (Lipinski definition) is 3. The van der Waals surface area contributed by atoms with Gasteiger partial charge in [0, 0.05) is 19.3 Å². The summed E-state index contributed by atoms with van der Waals surface area (Å²) in [6.45, 7) is 1.88. The summed E-state index contributed by atoms with van der Waals surface area (Å²) in [5.74, 6) is 6.73. The lowest BCUT2D eigenvalue weighted by Crippen LogP contribution is -2.31. The van der Waals surface area contributed by atoms with Crippen molar-refractivity contribution in [2.24, 2.45) is 29.3 Å². The van der Waals surface area contributed by atoms with Crippen LogP contribution in [0.2, 0.25) is 0 Å². The van der Waals surface area contributed by atoms with Gasteiger partial charge in [0.25, 0.3) is 0 Å². The largest absolute Gasteiger partial charge is 0.489 e. The summed E-state index contributed by atoms with van der Waals surface area (Å²) in [6.07, 6.45) is 4.89. The third-order valence-corrected chi connectivity index (χ3v) is 6.89. The molecule has 0 saturated heterocycles. The molecule has 0 radical (unpaired) electrons. The van der Waals surface area contributed by atoms with E-state index in [0.29, 0.717) is 40.3 Å². The molecule has 4 unspecified atom stereocenters. The lowest BCUT2D eigenvalue weighted by molar-refractivity contribution is -0.143. The number of hydrogen-bond acceptors (Lipinski definition) is 10. The van der Waals surface area contributed by atoms with E-state index in [1.54, 1.807) is 19.2 Å². The van der Waals surface area contributed by atoms with Crippen molar-refractivity contribution in [2.45, 2.75) is 38.7 Å². The number of carboxylic acids is 1. The maximum Gasteiger partial charge on any atom is 0.320 e. The first-order chi connectivity index (χ1) is 16.8. The Labute approximate surface area is 204 Å². The second-order valence-electron chi connectivity index (χ2n) is 9.08. The number of nitrogens with two attached hydrogens (primary N) is 2. The number of hydrazine groups is 1. The first-order valence-corrected chi connectivity index (χ1v) is 11.6. The minimum atomic E-state index is -0.690. The summed E-state index contributed by atoms with van der Waals surface area (Å²) in [5, 5.41) is 10.8. The second-order valence-corrected chi connectivity index (χ2v) is 9.08. The first kappa shape index (κ1) is 24.5. The van der Waals surface area contributed by atoms with Crippen molar-refractivity contribution in [3.05, 3.63) is 41.5 Å². The van der Waals surface area contributed by atoms with E-state index >= 15 is 0 Å². The van der Waals surface area contributed by atoms with Crippen LogP contribution >= 0.6 is 0 Å². The molecule has 2 aromatic heterocycles. The summed E-state index contributed by atoms with van der Waals surface area (Å²) in [5.41, 5.74) is 8.48. The molecule has 2 heterocycles. The molecule has 0 bridgehead atoms. The van der Waals surface area contributed by atoms with Crippen LogP contribution in [0.25, 0.3) is 5.70 Å². The Morgan fingerprint density at radius 1 is 1.23 bits per heavy atom. The molecular weight excluding hydrogens is 452 g/mol.